The molecule has 7 heteroatoms. The van der Waals surface area contributed by atoms with Gasteiger partial charge in [0.15, 0.2) is 11.5 Å². The molecule has 0 aliphatic carbocycles. The lowest BCUT2D eigenvalue weighted by atomic mass is 9.83. The predicted octanol–water partition coefficient (Wildman–Crippen LogP) is 6.66. The number of methoxy groups -OCH3 is 2. The van der Waals surface area contributed by atoms with Crippen LogP contribution in [-0.2, 0) is 17.4 Å². The SMILES string of the molecule is COc1cc2c(cc1OC)C(c1cccc(C(F)(F)F)c1)N(C(=O)CC(C)CC(C)(C)C)CC2. The van der Waals surface area contributed by atoms with Crippen molar-refractivity contribution < 1.29 is 27.4 Å². The van der Waals surface area contributed by atoms with Gasteiger partial charge in [0.1, 0.15) is 0 Å². The third-order valence-corrected chi connectivity index (χ3v) is 6.21. The van der Waals surface area contributed by atoms with Gasteiger partial charge in [-0.3, -0.25) is 4.79 Å². The Morgan fingerprint density at radius 1 is 1.09 bits per heavy atom. The zero-order valence-corrected chi connectivity index (χ0v) is 20.8. The Balaban J connectivity index is 2.07. The Kier molecular flexibility index (Phi) is 7.53. The summed E-state index contributed by atoms with van der Waals surface area (Å²) in [6.45, 7) is 8.88. The largest absolute Gasteiger partial charge is 0.493 e. The van der Waals surface area contributed by atoms with E-state index in [4.69, 9.17) is 9.47 Å². The highest BCUT2D eigenvalue weighted by Crippen LogP contribution is 2.42. The van der Waals surface area contributed by atoms with Crippen molar-refractivity contribution in [1.29, 1.82) is 0 Å². The van der Waals surface area contributed by atoms with E-state index >= 15 is 0 Å². The number of ether oxygens (including phenoxy) is 2. The average Bonchev–Trinajstić information content (AvgIpc) is 2.75. The standard InChI is InChI=1S/C27H34F3NO3/c1-17(16-26(2,3)4)12-24(32)31-11-10-18-14-22(33-5)23(34-6)15-21(18)25(31)19-8-7-9-20(13-19)27(28,29)30/h7-9,13-15,17,25H,10-12,16H2,1-6H3. The third kappa shape index (κ3) is 5.86. The summed E-state index contributed by atoms with van der Waals surface area (Å²) in [5.74, 6) is 1.14. The molecule has 1 aliphatic heterocycles. The molecular weight excluding hydrogens is 443 g/mol. The monoisotopic (exact) mass is 477 g/mol. The van der Waals surface area contributed by atoms with E-state index in [0.717, 1.165) is 29.7 Å². The number of fused-ring (bicyclic) bond motifs is 1. The van der Waals surface area contributed by atoms with Crippen LogP contribution < -0.4 is 9.47 Å². The van der Waals surface area contributed by atoms with Gasteiger partial charge in [0.2, 0.25) is 5.91 Å². The van der Waals surface area contributed by atoms with Crippen LogP contribution in [0.4, 0.5) is 13.2 Å². The Labute approximate surface area is 200 Å². The zero-order valence-electron chi connectivity index (χ0n) is 20.8. The Morgan fingerprint density at radius 2 is 1.74 bits per heavy atom. The molecule has 1 heterocycles. The molecule has 0 saturated carbocycles. The van der Waals surface area contributed by atoms with Crippen molar-refractivity contribution in [3.8, 4) is 11.5 Å². The van der Waals surface area contributed by atoms with E-state index in [9.17, 15) is 18.0 Å². The van der Waals surface area contributed by atoms with Crippen LogP contribution >= 0.6 is 0 Å². The van der Waals surface area contributed by atoms with E-state index in [1.54, 1.807) is 24.1 Å². The van der Waals surface area contributed by atoms with Crippen molar-refractivity contribution in [3.05, 3.63) is 58.7 Å². The molecule has 34 heavy (non-hydrogen) atoms. The van der Waals surface area contributed by atoms with Crippen LogP contribution in [0.1, 0.15) is 68.8 Å². The molecule has 2 aromatic rings. The second kappa shape index (κ2) is 9.88. The lowest BCUT2D eigenvalue weighted by molar-refractivity contribution is -0.137. The highest BCUT2D eigenvalue weighted by molar-refractivity contribution is 5.78. The molecule has 1 amide bonds. The zero-order chi connectivity index (χ0) is 25.3. The summed E-state index contributed by atoms with van der Waals surface area (Å²) in [4.78, 5) is 15.2. The summed E-state index contributed by atoms with van der Waals surface area (Å²) in [7, 11) is 3.06. The average molecular weight is 478 g/mol. The van der Waals surface area contributed by atoms with E-state index in [1.807, 2.05) is 13.0 Å². The van der Waals surface area contributed by atoms with E-state index < -0.39 is 17.8 Å². The smallest absolute Gasteiger partial charge is 0.416 e. The van der Waals surface area contributed by atoms with Gasteiger partial charge in [-0.25, -0.2) is 0 Å². The van der Waals surface area contributed by atoms with Gasteiger partial charge in [-0.15, -0.1) is 0 Å². The number of carbonyl (C=O) groups excluding carboxylic acids is 1. The summed E-state index contributed by atoms with van der Waals surface area (Å²) in [5.41, 5.74) is 1.48. The van der Waals surface area contributed by atoms with Crippen molar-refractivity contribution >= 4 is 5.91 Å². The molecule has 0 fully saturated rings. The summed E-state index contributed by atoms with van der Waals surface area (Å²) in [6, 6.07) is 8.27. The maximum absolute atomic E-state index is 13.5. The second-order valence-corrected chi connectivity index (χ2v) is 10.3. The topological polar surface area (TPSA) is 38.8 Å². The summed E-state index contributed by atoms with van der Waals surface area (Å²) in [6.07, 6.45) is -2.66. The molecule has 2 unspecified atom stereocenters. The number of benzene rings is 2. The molecule has 4 nitrogen and oxygen atoms in total. The van der Waals surface area contributed by atoms with Gasteiger partial charge >= 0.3 is 6.18 Å². The number of amides is 1. The van der Waals surface area contributed by atoms with Gasteiger partial charge in [-0.1, -0.05) is 39.8 Å². The highest BCUT2D eigenvalue weighted by Gasteiger charge is 2.36. The van der Waals surface area contributed by atoms with Gasteiger partial charge in [-0.2, -0.15) is 13.2 Å². The molecule has 3 rings (SSSR count). The Morgan fingerprint density at radius 3 is 2.32 bits per heavy atom. The van der Waals surface area contributed by atoms with Crippen molar-refractivity contribution in [3.63, 3.8) is 0 Å². The molecular formula is C27H34F3NO3. The van der Waals surface area contributed by atoms with Crippen LogP contribution in [0.2, 0.25) is 0 Å². The molecule has 0 bridgehead atoms. The number of hydrogen-bond acceptors (Lipinski definition) is 3. The molecule has 0 spiro atoms. The minimum Gasteiger partial charge on any atom is -0.493 e. The third-order valence-electron chi connectivity index (χ3n) is 6.21. The van der Waals surface area contributed by atoms with Crippen molar-refractivity contribution in [2.75, 3.05) is 20.8 Å². The molecule has 0 saturated heterocycles. The highest BCUT2D eigenvalue weighted by atomic mass is 19.4. The summed E-state index contributed by atoms with van der Waals surface area (Å²) >= 11 is 0. The summed E-state index contributed by atoms with van der Waals surface area (Å²) in [5, 5.41) is 0. The number of carbonyl (C=O) groups is 1. The maximum atomic E-state index is 13.5. The first-order valence-electron chi connectivity index (χ1n) is 11.6. The number of rotatable bonds is 6. The first-order valence-corrected chi connectivity index (χ1v) is 11.6. The lowest BCUT2D eigenvalue weighted by Crippen LogP contribution is -2.41. The number of halogens is 3. The van der Waals surface area contributed by atoms with Gasteiger partial charge < -0.3 is 14.4 Å². The number of hydrogen-bond donors (Lipinski definition) is 0. The van der Waals surface area contributed by atoms with Crippen LogP contribution in [0.3, 0.4) is 0 Å². The number of nitrogens with zero attached hydrogens (tertiary/aromatic N) is 1. The predicted molar refractivity (Wildman–Crippen MR) is 126 cm³/mol. The van der Waals surface area contributed by atoms with Crippen molar-refractivity contribution in [1.82, 2.24) is 4.90 Å². The molecule has 1 aliphatic rings. The van der Waals surface area contributed by atoms with Crippen LogP contribution in [0, 0.1) is 11.3 Å². The first-order chi connectivity index (χ1) is 15.8. The fraction of sp³-hybridized carbons (Fsp3) is 0.519. The maximum Gasteiger partial charge on any atom is 0.416 e. The van der Waals surface area contributed by atoms with Gasteiger partial charge in [0.05, 0.1) is 25.8 Å². The van der Waals surface area contributed by atoms with Crippen molar-refractivity contribution in [2.24, 2.45) is 11.3 Å². The van der Waals surface area contributed by atoms with Gasteiger partial charge in [0.25, 0.3) is 0 Å². The van der Waals surface area contributed by atoms with Crippen LogP contribution in [0.15, 0.2) is 36.4 Å². The lowest BCUT2D eigenvalue weighted by Gasteiger charge is -2.39. The van der Waals surface area contributed by atoms with E-state index in [1.165, 1.54) is 13.2 Å². The van der Waals surface area contributed by atoms with E-state index in [0.29, 0.717) is 36.4 Å². The van der Waals surface area contributed by atoms with Crippen LogP contribution in [0.5, 0.6) is 11.5 Å². The molecule has 0 radical (unpaired) electrons. The fourth-order valence-electron chi connectivity index (χ4n) is 4.99. The minimum absolute atomic E-state index is 0.0559. The van der Waals surface area contributed by atoms with Crippen molar-refractivity contribution in [2.45, 2.75) is 59.2 Å². The van der Waals surface area contributed by atoms with E-state index in [2.05, 4.69) is 20.8 Å². The van der Waals surface area contributed by atoms with Crippen LogP contribution in [0.25, 0.3) is 0 Å². The first kappa shape index (κ1) is 25.9. The quantitative estimate of drug-likeness (QED) is 0.467. The summed E-state index contributed by atoms with van der Waals surface area (Å²) < 4.78 is 51.4. The fourth-order valence-corrected chi connectivity index (χ4v) is 4.99. The molecule has 0 aromatic heterocycles. The second-order valence-electron chi connectivity index (χ2n) is 10.3. The van der Waals surface area contributed by atoms with Gasteiger partial charge in [0, 0.05) is 13.0 Å². The van der Waals surface area contributed by atoms with E-state index in [-0.39, 0.29) is 17.2 Å². The van der Waals surface area contributed by atoms with Crippen LogP contribution in [-0.4, -0.2) is 31.6 Å². The minimum atomic E-state index is -4.47. The molecule has 2 aromatic carbocycles. The molecule has 2 atom stereocenters. The number of alkyl halides is 3. The van der Waals surface area contributed by atoms with Gasteiger partial charge in [-0.05, 0) is 65.1 Å². The Bertz CT molecular complexity index is 1030. The molecule has 186 valence electrons. The molecule has 0 N–H and O–H groups in total. The normalized spacial score (nSPS) is 17.2. The Hall–Kier alpha value is -2.70.